The lowest BCUT2D eigenvalue weighted by atomic mass is 10.1. The van der Waals surface area contributed by atoms with E-state index in [0.717, 1.165) is 16.2 Å². The minimum absolute atomic E-state index is 0.0247. The fraction of sp³-hybridized carbons (Fsp3) is 0.263. The molecule has 26 heavy (non-hydrogen) atoms. The van der Waals surface area contributed by atoms with Crippen molar-refractivity contribution in [1.29, 1.82) is 0 Å². The third kappa shape index (κ3) is 4.58. The summed E-state index contributed by atoms with van der Waals surface area (Å²) in [7, 11) is 0. The molecule has 1 atom stereocenters. The number of carboxylic acid groups (broad SMARTS) is 1. The molecule has 1 amide bonds. The lowest BCUT2D eigenvalue weighted by Gasteiger charge is -2.32. The van der Waals surface area contributed by atoms with Gasteiger partial charge in [0.15, 0.2) is 6.04 Å². The summed E-state index contributed by atoms with van der Waals surface area (Å²) in [6.07, 6.45) is 0. The second-order valence-electron chi connectivity index (χ2n) is 5.87. The number of carboxylic acids is 1. The molecule has 3 rings (SSSR count). The highest BCUT2D eigenvalue weighted by molar-refractivity contribution is 7.98. The molecule has 2 aromatic carbocycles. The fourth-order valence-corrected chi connectivity index (χ4v) is 3.64. The number of carbonyl (C=O) groups excluding carboxylic acids is 1. The van der Waals surface area contributed by atoms with Gasteiger partial charge in [0.05, 0.1) is 13.2 Å². The number of thioether (sulfide) groups is 1. The molecule has 1 saturated heterocycles. The van der Waals surface area contributed by atoms with Crippen LogP contribution in [-0.2, 0) is 15.3 Å². The van der Waals surface area contributed by atoms with Crippen molar-refractivity contribution in [2.24, 2.45) is 0 Å². The first-order valence-corrected chi connectivity index (χ1v) is 9.50. The van der Waals surface area contributed by atoms with Crippen LogP contribution in [0.5, 0.6) is 0 Å². The molecule has 1 fully saturated rings. The Morgan fingerprint density at radius 3 is 2.50 bits per heavy atom. The van der Waals surface area contributed by atoms with Gasteiger partial charge in [0.25, 0.3) is 5.91 Å². The molecule has 0 spiro atoms. The maximum atomic E-state index is 12.6. The van der Waals surface area contributed by atoms with Gasteiger partial charge in [-0.25, -0.2) is 4.79 Å². The Balaban J connectivity index is 1.63. The van der Waals surface area contributed by atoms with E-state index in [0.29, 0.717) is 17.2 Å². The van der Waals surface area contributed by atoms with Crippen molar-refractivity contribution in [3.8, 4) is 0 Å². The number of halogens is 1. The van der Waals surface area contributed by atoms with Crippen LogP contribution in [0, 0.1) is 0 Å². The highest BCUT2D eigenvalue weighted by Gasteiger charge is 2.33. The molecular weight excluding hydrogens is 374 g/mol. The van der Waals surface area contributed by atoms with Crippen LogP contribution in [0.3, 0.4) is 0 Å². The van der Waals surface area contributed by atoms with Crippen LogP contribution in [0.1, 0.15) is 15.9 Å². The summed E-state index contributed by atoms with van der Waals surface area (Å²) >= 11 is 7.56. The first-order valence-electron chi connectivity index (χ1n) is 8.13. The van der Waals surface area contributed by atoms with Crippen molar-refractivity contribution in [1.82, 2.24) is 4.90 Å². The third-order valence-electron chi connectivity index (χ3n) is 4.09. The fourth-order valence-electron chi connectivity index (χ4n) is 2.66. The maximum Gasteiger partial charge on any atom is 0.328 e. The first kappa shape index (κ1) is 18.8. The van der Waals surface area contributed by atoms with E-state index in [1.807, 2.05) is 36.4 Å². The smallest absolute Gasteiger partial charge is 0.328 e. The zero-order valence-electron chi connectivity index (χ0n) is 13.9. The van der Waals surface area contributed by atoms with Crippen molar-refractivity contribution in [3.05, 3.63) is 64.7 Å². The Bertz CT molecular complexity index is 779. The van der Waals surface area contributed by atoms with E-state index in [4.69, 9.17) is 16.3 Å². The molecular formula is C19H18ClNO4S. The minimum Gasteiger partial charge on any atom is -0.480 e. The molecule has 136 valence electrons. The molecule has 1 aliphatic heterocycles. The topological polar surface area (TPSA) is 66.8 Å². The molecule has 1 N–H and O–H groups in total. The van der Waals surface area contributed by atoms with E-state index in [1.165, 1.54) is 4.90 Å². The van der Waals surface area contributed by atoms with Gasteiger partial charge < -0.3 is 14.7 Å². The minimum atomic E-state index is -1.05. The van der Waals surface area contributed by atoms with E-state index < -0.39 is 12.0 Å². The average Bonchev–Trinajstić information content (AvgIpc) is 2.67. The Morgan fingerprint density at radius 2 is 1.85 bits per heavy atom. The predicted octanol–water partition coefficient (Wildman–Crippen LogP) is 3.56. The van der Waals surface area contributed by atoms with E-state index in [-0.39, 0.29) is 19.1 Å². The predicted molar refractivity (Wildman–Crippen MR) is 101 cm³/mol. The molecule has 0 bridgehead atoms. The van der Waals surface area contributed by atoms with Crippen molar-refractivity contribution >= 4 is 35.2 Å². The van der Waals surface area contributed by atoms with Crippen molar-refractivity contribution in [2.75, 3.05) is 19.8 Å². The number of nitrogens with zero attached hydrogens (tertiary/aromatic N) is 1. The summed E-state index contributed by atoms with van der Waals surface area (Å²) in [6.45, 7) is 0.659. The van der Waals surface area contributed by atoms with Gasteiger partial charge in [0, 0.05) is 27.8 Å². The molecule has 0 aliphatic carbocycles. The Hall–Kier alpha value is -2.02. The molecule has 0 radical (unpaired) electrons. The SMILES string of the molecule is O=C(O)C1COCCN1C(=O)c1ccc(CSc2ccc(Cl)cc2)cc1. The van der Waals surface area contributed by atoms with Gasteiger partial charge in [-0.05, 0) is 42.0 Å². The lowest BCUT2D eigenvalue weighted by Crippen LogP contribution is -2.52. The number of morpholine rings is 1. The first-order chi connectivity index (χ1) is 12.5. The normalized spacial score (nSPS) is 17.1. The molecule has 7 heteroatoms. The van der Waals surface area contributed by atoms with Gasteiger partial charge in [-0.15, -0.1) is 11.8 Å². The van der Waals surface area contributed by atoms with Gasteiger partial charge in [-0.3, -0.25) is 4.79 Å². The standard InChI is InChI=1S/C19H18ClNO4S/c20-15-5-7-16(8-6-15)26-12-13-1-3-14(4-2-13)18(22)21-9-10-25-11-17(21)19(23)24/h1-8,17H,9-12H2,(H,23,24). The summed E-state index contributed by atoms with van der Waals surface area (Å²) in [6, 6.07) is 14.0. The summed E-state index contributed by atoms with van der Waals surface area (Å²) in [4.78, 5) is 26.4. The monoisotopic (exact) mass is 391 g/mol. The van der Waals surface area contributed by atoms with Crippen LogP contribution >= 0.6 is 23.4 Å². The number of ether oxygens (including phenoxy) is 1. The van der Waals surface area contributed by atoms with Gasteiger partial charge in [0.2, 0.25) is 0 Å². The third-order valence-corrected chi connectivity index (χ3v) is 5.43. The average molecular weight is 392 g/mol. The van der Waals surface area contributed by atoms with Crippen LogP contribution in [0.25, 0.3) is 0 Å². The number of benzene rings is 2. The number of amides is 1. The van der Waals surface area contributed by atoms with Crippen molar-refractivity contribution < 1.29 is 19.4 Å². The van der Waals surface area contributed by atoms with E-state index in [2.05, 4.69) is 0 Å². The van der Waals surface area contributed by atoms with E-state index in [9.17, 15) is 14.7 Å². The lowest BCUT2D eigenvalue weighted by molar-refractivity contribution is -0.147. The second-order valence-corrected chi connectivity index (χ2v) is 7.35. The summed E-state index contributed by atoms with van der Waals surface area (Å²) in [5.41, 5.74) is 1.57. The maximum absolute atomic E-state index is 12.6. The number of rotatable bonds is 5. The van der Waals surface area contributed by atoms with E-state index in [1.54, 1.807) is 23.9 Å². The number of hydrogen-bond acceptors (Lipinski definition) is 4. The van der Waals surface area contributed by atoms with E-state index >= 15 is 0 Å². The number of carbonyl (C=O) groups is 2. The largest absolute Gasteiger partial charge is 0.480 e. The highest BCUT2D eigenvalue weighted by Crippen LogP contribution is 2.24. The van der Waals surface area contributed by atoms with Crippen molar-refractivity contribution in [2.45, 2.75) is 16.7 Å². The van der Waals surface area contributed by atoms with Gasteiger partial charge in [0.1, 0.15) is 0 Å². The van der Waals surface area contributed by atoms with Crippen LogP contribution < -0.4 is 0 Å². The molecule has 1 heterocycles. The molecule has 5 nitrogen and oxygen atoms in total. The number of hydrogen-bond donors (Lipinski definition) is 1. The van der Waals surface area contributed by atoms with Crippen molar-refractivity contribution in [3.63, 3.8) is 0 Å². The van der Waals surface area contributed by atoms with Gasteiger partial charge in [-0.2, -0.15) is 0 Å². The van der Waals surface area contributed by atoms with Gasteiger partial charge >= 0.3 is 5.97 Å². The van der Waals surface area contributed by atoms with Crippen LogP contribution in [0.15, 0.2) is 53.4 Å². The molecule has 2 aromatic rings. The molecule has 0 saturated carbocycles. The molecule has 0 aromatic heterocycles. The van der Waals surface area contributed by atoms with Crippen LogP contribution in [0.2, 0.25) is 5.02 Å². The highest BCUT2D eigenvalue weighted by atomic mass is 35.5. The Kier molecular flexibility index (Phi) is 6.19. The second kappa shape index (κ2) is 8.58. The van der Waals surface area contributed by atoms with Crippen LogP contribution in [0.4, 0.5) is 0 Å². The number of aliphatic carboxylic acids is 1. The summed E-state index contributed by atoms with van der Waals surface area (Å²) in [5.74, 6) is -0.558. The zero-order chi connectivity index (χ0) is 18.5. The Labute approximate surface area is 160 Å². The van der Waals surface area contributed by atoms with Crippen LogP contribution in [-0.4, -0.2) is 47.7 Å². The van der Waals surface area contributed by atoms with Gasteiger partial charge in [-0.1, -0.05) is 23.7 Å². The Morgan fingerprint density at radius 1 is 1.15 bits per heavy atom. The summed E-state index contributed by atoms with van der Waals surface area (Å²) in [5, 5.41) is 9.97. The molecule has 1 aliphatic rings. The zero-order valence-corrected chi connectivity index (χ0v) is 15.5. The quantitative estimate of drug-likeness (QED) is 0.789. The molecule has 1 unspecified atom stereocenters. The summed E-state index contributed by atoms with van der Waals surface area (Å²) < 4.78 is 5.17.